The minimum atomic E-state index is -6.29. The highest BCUT2D eigenvalue weighted by atomic mass is 35.5. The monoisotopic (exact) mass is 518 g/mol. The summed E-state index contributed by atoms with van der Waals surface area (Å²) in [5.74, 6) is -10.8. The van der Waals surface area contributed by atoms with Crippen LogP contribution >= 0.6 is 11.6 Å². The van der Waals surface area contributed by atoms with E-state index in [0.717, 1.165) is 7.11 Å². The number of hydrogen-bond acceptors (Lipinski definition) is 5. The predicted molar refractivity (Wildman–Crippen MR) is 106 cm³/mol. The number of nitrogens with zero attached hydrogens (tertiary/aromatic N) is 2. The Kier molecular flexibility index (Phi) is 7.91. The molecule has 2 aromatic rings. The normalized spacial score (nSPS) is 12.3. The van der Waals surface area contributed by atoms with E-state index in [1.54, 1.807) is 6.92 Å². The van der Waals surface area contributed by atoms with Crippen molar-refractivity contribution in [2.45, 2.75) is 51.8 Å². The summed E-state index contributed by atoms with van der Waals surface area (Å²) >= 11 is 6.14. The van der Waals surface area contributed by atoms with E-state index in [1.807, 2.05) is 0 Å². The molecule has 0 N–H and O–H groups in total. The highest BCUT2D eigenvalue weighted by Gasteiger charge is 2.62. The number of alkyl halides is 5. The van der Waals surface area contributed by atoms with Crippen LogP contribution in [0, 0.1) is 11.6 Å². The van der Waals surface area contributed by atoms with Crippen molar-refractivity contribution in [3.8, 4) is 11.7 Å². The third-order valence-electron chi connectivity index (χ3n) is 4.41. The first kappa shape index (κ1) is 27.4. The highest BCUT2D eigenvalue weighted by molar-refractivity contribution is 6.34. The highest BCUT2D eigenvalue weighted by Crippen LogP contribution is 2.44. The van der Waals surface area contributed by atoms with Gasteiger partial charge in [0.1, 0.15) is 0 Å². The van der Waals surface area contributed by atoms with E-state index in [1.165, 1.54) is 13.8 Å². The van der Waals surface area contributed by atoms with Crippen molar-refractivity contribution in [1.82, 2.24) is 9.55 Å². The van der Waals surface area contributed by atoms with Gasteiger partial charge in [-0.3, -0.25) is 4.79 Å². The smallest absolute Gasteiger partial charge is 0.459 e. The fraction of sp³-hybridized carbons (Fsp3) is 0.450. The lowest BCUT2D eigenvalue weighted by molar-refractivity contribution is -0.292. The number of methoxy groups -OCH3 is 1. The van der Waals surface area contributed by atoms with Gasteiger partial charge >= 0.3 is 24.1 Å². The van der Waals surface area contributed by atoms with Crippen LogP contribution in [0.3, 0.4) is 0 Å². The molecule has 0 unspecified atom stereocenters. The first-order chi connectivity index (χ1) is 15.6. The van der Waals surface area contributed by atoms with Crippen LogP contribution in [-0.2, 0) is 17.1 Å². The van der Waals surface area contributed by atoms with Crippen LogP contribution in [0.4, 0.5) is 30.7 Å². The van der Waals surface area contributed by atoms with Gasteiger partial charge < -0.3 is 9.47 Å². The van der Waals surface area contributed by atoms with Crippen LogP contribution in [0.15, 0.2) is 10.9 Å². The van der Waals surface area contributed by atoms with Crippen LogP contribution < -0.4 is 10.3 Å². The van der Waals surface area contributed by atoms with Gasteiger partial charge in [-0.2, -0.15) is 31.3 Å². The van der Waals surface area contributed by atoms with Crippen LogP contribution in [0.25, 0.3) is 5.69 Å². The minimum Gasteiger partial charge on any atom is -0.468 e. The van der Waals surface area contributed by atoms with Gasteiger partial charge in [-0.15, -0.1) is 0 Å². The standard InChI is InChI=1S/C20H18ClF7N2O4/c1-5-6-9-12(21)10(17(32)34-8(2)3)7-11(13(9)22)30-16(31)14(23)15(29-18(30)33-4)19(24,25)20(26,27)28/h7-8H,5-6H2,1-4H3. The van der Waals surface area contributed by atoms with E-state index in [2.05, 4.69) is 9.72 Å². The molecular weight excluding hydrogens is 501 g/mol. The molecule has 0 amide bonds. The number of carbonyl (C=O) groups is 1. The third kappa shape index (κ3) is 4.84. The molecule has 2 rings (SSSR count). The van der Waals surface area contributed by atoms with Crippen LogP contribution in [0.1, 0.15) is 48.8 Å². The van der Waals surface area contributed by atoms with Gasteiger partial charge in [0, 0.05) is 5.56 Å². The zero-order valence-electron chi connectivity index (χ0n) is 18.1. The molecule has 6 nitrogen and oxygen atoms in total. The number of esters is 1. The SMILES string of the molecule is CCCc1c(F)c(-n2c(OC)nc(C(F)(F)C(F)(F)F)c(F)c2=O)cc(C(=O)OC(C)C)c1Cl. The van der Waals surface area contributed by atoms with Crippen molar-refractivity contribution in [2.24, 2.45) is 0 Å². The molecule has 1 heterocycles. The maximum atomic E-state index is 15.3. The zero-order chi connectivity index (χ0) is 26.2. The molecule has 34 heavy (non-hydrogen) atoms. The number of ether oxygens (including phenoxy) is 2. The Bertz CT molecular complexity index is 1160. The Morgan fingerprint density at radius 2 is 1.76 bits per heavy atom. The molecule has 188 valence electrons. The molecule has 0 aliphatic heterocycles. The molecule has 0 aliphatic carbocycles. The van der Waals surface area contributed by atoms with Crippen molar-refractivity contribution in [1.29, 1.82) is 0 Å². The lowest BCUT2D eigenvalue weighted by Crippen LogP contribution is -2.39. The van der Waals surface area contributed by atoms with Crippen molar-refractivity contribution < 1.29 is 45.0 Å². The predicted octanol–water partition coefficient (Wildman–Crippen LogP) is 5.34. The lowest BCUT2D eigenvalue weighted by Gasteiger charge is -2.22. The molecule has 1 aromatic carbocycles. The molecule has 0 atom stereocenters. The van der Waals surface area contributed by atoms with E-state index in [-0.39, 0.29) is 28.0 Å². The Labute approximate surface area is 193 Å². The molecular formula is C20H18ClF7N2O4. The molecule has 0 radical (unpaired) electrons. The van der Waals surface area contributed by atoms with Gasteiger partial charge in [0.25, 0.3) is 5.56 Å². The summed E-state index contributed by atoms with van der Waals surface area (Å²) < 4.78 is 105. The molecule has 0 aliphatic rings. The van der Waals surface area contributed by atoms with Gasteiger partial charge in [0.2, 0.25) is 5.82 Å². The average Bonchev–Trinajstić information content (AvgIpc) is 2.72. The summed E-state index contributed by atoms with van der Waals surface area (Å²) in [5, 5.41) is -0.380. The van der Waals surface area contributed by atoms with E-state index in [0.29, 0.717) is 6.07 Å². The van der Waals surface area contributed by atoms with Crippen LogP contribution in [0.2, 0.25) is 5.02 Å². The van der Waals surface area contributed by atoms with E-state index in [4.69, 9.17) is 16.3 Å². The second-order valence-electron chi connectivity index (χ2n) is 7.23. The Morgan fingerprint density at radius 3 is 2.24 bits per heavy atom. The molecule has 0 saturated heterocycles. The van der Waals surface area contributed by atoms with E-state index in [9.17, 15) is 35.9 Å². The first-order valence-corrected chi connectivity index (χ1v) is 10.0. The number of benzene rings is 1. The van der Waals surface area contributed by atoms with Gasteiger partial charge in [0.15, 0.2) is 11.5 Å². The van der Waals surface area contributed by atoms with Crippen molar-refractivity contribution in [3.05, 3.63) is 49.9 Å². The summed E-state index contributed by atoms with van der Waals surface area (Å²) in [6.45, 7) is 4.61. The summed E-state index contributed by atoms with van der Waals surface area (Å²) in [6, 6.07) is -0.633. The average molecular weight is 519 g/mol. The lowest BCUT2D eigenvalue weighted by atomic mass is 10.0. The van der Waals surface area contributed by atoms with Crippen molar-refractivity contribution in [2.75, 3.05) is 7.11 Å². The summed E-state index contributed by atoms with van der Waals surface area (Å²) in [4.78, 5) is 27.8. The summed E-state index contributed by atoms with van der Waals surface area (Å²) in [6.07, 6.45) is -6.74. The zero-order valence-corrected chi connectivity index (χ0v) is 18.9. The van der Waals surface area contributed by atoms with Crippen LogP contribution in [0.5, 0.6) is 6.01 Å². The topological polar surface area (TPSA) is 70.4 Å². The van der Waals surface area contributed by atoms with Crippen molar-refractivity contribution in [3.63, 3.8) is 0 Å². The third-order valence-corrected chi connectivity index (χ3v) is 4.84. The number of carbonyl (C=O) groups excluding carboxylic acids is 1. The molecule has 14 heteroatoms. The maximum absolute atomic E-state index is 15.3. The molecule has 0 fully saturated rings. The van der Waals surface area contributed by atoms with Crippen LogP contribution in [-0.4, -0.2) is 34.9 Å². The largest absolute Gasteiger partial charge is 0.468 e. The van der Waals surface area contributed by atoms with Gasteiger partial charge in [-0.05, 0) is 26.3 Å². The summed E-state index contributed by atoms with van der Waals surface area (Å²) in [5.41, 5.74) is -6.37. The van der Waals surface area contributed by atoms with E-state index >= 15 is 4.39 Å². The first-order valence-electron chi connectivity index (χ1n) is 9.63. The molecule has 0 saturated carbocycles. The number of halogens is 8. The second kappa shape index (κ2) is 9.80. The van der Waals surface area contributed by atoms with Gasteiger partial charge in [-0.25, -0.2) is 13.8 Å². The Hall–Kier alpha value is -2.83. The van der Waals surface area contributed by atoms with Crippen molar-refractivity contribution >= 4 is 17.6 Å². The Morgan fingerprint density at radius 1 is 1.18 bits per heavy atom. The second-order valence-corrected chi connectivity index (χ2v) is 7.61. The maximum Gasteiger partial charge on any atom is 0.459 e. The number of rotatable bonds is 7. The quantitative estimate of drug-likeness (QED) is 0.365. The number of hydrogen-bond donors (Lipinski definition) is 0. The molecule has 1 aromatic heterocycles. The number of aromatic nitrogens is 2. The minimum absolute atomic E-state index is 0.0116. The fourth-order valence-corrected chi connectivity index (χ4v) is 3.22. The van der Waals surface area contributed by atoms with Gasteiger partial charge in [0.05, 0.1) is 29.5 Å². The molecule has 0 bridgehead atoms. The summed E-state index contributed by atoms with van der Waals surface area (Å²) in [7, 11) is 0.723. The van der Waals surface area contributed by atoms with Gasteiger partial charge in [-0.1, -0.05) is 24.9 Å². The fourth-order valence-electron chi connectivity index (χ4n) is 2.91. The Balaban J connectivity index is 2.96. The van der Waals surface area contributed by atoms with E-state index < -0.39 is 64.3 Å². The molecule has 0 spiro atoms.